The lowest BCUT2D eigenvalue weighted by Gasteiger charge is -2.29. The minimum atomic E-state index is 0.294. The molecule has 0 saturated carbocycles. The van der Waals surface area contributed by atoms with Crippen LogP contribution in [0.1, 0.15) is 138 Å². The number of rotatable bonds is 15. The van der Waals surface area contributed by atoms with Gasteiger partial charge in [-0.1, -0.05) is 102 Å². The van der Waals surface area contributed by atoms with Crippen molar-refractivity contribution in [3.8, 4) is 0 Å². The van der Waals surface area contributed by atoms with Crippen LogP contribution in [-0.2, 0) is 0 Å². The molecule has 1 aromatic heterocycles. The zero-order valence-corrected chi connectivity index (χ0v) is 36.6. The highest BCUT2D eigenvalue weighted by Gasteiger charge is 2.18. The third-order valence-corrected chi connectivity index (χ3v) is 9.73. The first-order valence-electron chi connectivity index (χ1n) is 19.5. The van der Waals surface area contributed by atoms with Gasteiger partial charge in [0.25, 0.3) is 0 Å². The predicted molar refractivity (Wildman–Crippen MR) is 244 cm³/mol. The van der Waals surface area contributed by atoms with Crippen LogP contribution in [0.25, 0.3) is 5.57 Å². The van der Waals surface area contributed by atoms with Gasteiger partial charge in [-0.05, 0) is 129 Å². The first-order valence-corrected chi connectivity index (χ1v) is 20.3. The van der Waals surface area contributed by atoms with Crippen LogP contribution < -0.4 is 16.4 Å². The zero-order chi connectivity index (χ0) is 40.9. The van der Waals surface area contributed by atoms with Gasteiger partial charge in [-0.15, -0.1) is 24.5 Å². The average Bonchev–Trinajstić information content (AvgIpc) is 3.40. The van der Waals surface area contributed by atoms with E-state index in [1.165, 1.54) is 51.3 Å². The standard InChI is InChI=1S/C16H18S.C14H25N3.C13H24N2.C2H6.C2H4/c1-10-6-8-15(9-7-10)12(3)16-11(2)13(4)17-14(16)5;1-11(7-5-4-6-10-15)17-14-9-8-12(2)16-13(14)3;1-6-8-10-13(9-7-2)12(5)15-14-11(3)4;2*1-2/h6-9H,3H2,1-2,4-5H3;14,16-17H,1-10,15H2;6,8,13H,7,9-10H2,1-5H3;1-2H3;1-2H2/b;;8-6?,15-12+;;. The maximum absolute atomic E-state index is 5.46. The molecule has 3 rings (SSSR count). The molecule has 0 bridgehead atoms. The Hall–Kier alpha value is -3.74. The largest absolute Gasteiger partial charge is 0.381 e. The molecule has 0 radical (unpaired) electrons. The highest BCUT2D eigenvalue weighted by atomic mass is 32.1. The summed E-state index contributed by atoms with van der Waals surface area (Å²) in [5.41, 5.74) is 17.1. The van der Waals surface area contributed by atoms with Crippen molar-refractivity contribution in [3.05, 3.63) is 125 Å². The van der Waals surface area contributed by atoms with Crippen LogP contribution in [0.15, 0.2) is 103 Å². The van der Waals surface area contributed by atoms with Crippen LogP contribution >= 0.6 is 11.3 Å². The van der Waals surface area contributed by atoms with Crippen molar-refractivity contribution in [2.24, 2.45) is 21.9 Å². The Morgan fingerprint density at radius 2 is 1.60 bits per heavy atom. The summed E-state index contributed by atoms with van der Waals surface area (Å²) in [5, 5.41) is 15.0. The number of hydrogen-bond donors (Lipinski definition) is 3. The van der Waals surface area contributed by atoms with E-state index in [1.807, 2.05) is 39.0 Å². The maximum Gasteiger partial charge on any atom is 0.0657 e. The van der Waals surface area contributed by atoms with E-state index in [1.54, 1.807) is 0 Å². The van der Waals surface area contributed by atoms with E-state index >= 15 is 0 Å². The zero-order valence-electron chi connectivity index (χ0n) is 35.8. The molecule has 53 heavy (non-hydrogen) atoms. The first-order chi connectivity index (χ1) is 25.2. The Kier molecular flexibility index (Phi) is 29.7. The van der Waals surface area contributed by atoms with Gasteiger partial charge in [0, 0.05) is 44.2 Å². The molecule has 0 aliphatic carbocycles. The van der Waals surface area contributed by atoms with Crippen molar-refractivity contribution in [1.82, 2.24) is 10.6 Å². The van der Waals surface area contributed by atoms with Crippen molar-refractivity contribution in [1.29, 1.82) is 0 Å². The second kappa shape index (κ2) is 30.7. The normalized spacial score (nSPS) is 14.0. The number of unbranched alkanes of at least 4 members (excludes halogenated alkanes) is 2. The van der Waals surface area contributed by atoms with Gasteiger partial charge in [0.15, 0.2) is 0 Å². The molecular weight excluding hydrogens is 667 g/mol. The fourth-order valence-corrected chi connectivity index (χ4v) is 6.64. The molecule has 1 aromatic carbocycles. The molecule has 1 saturated heterocycles. The number of benzene rings is 1. The second-order valence-electron chi connectivity index (χ2n) is 13.3. The van der Waals surface area contributed by atoms with Crippen LogP contribution in [-0.4, -0.2) is 24.0 Å². The molecule has 296 valence electrons. The second-order valence-corrected chi connectivity index (χ2v) is 14.8. The Morgan fingerprint density at radius 3 is 2.09 bits per heavy atom. The number of aryl methyl sites for hydroxylation is 3. The monoisotopic (exact) mass is 744 g/mol. The molecule has 1 aliphatic heterocycles. The molecular formula is C47H77N5S. The number of nitrogens with zero attached hydrogens (tertiary/aromatic N) is 2. The molecule has 2 unspecified atom stereocenters. The van der Waals surface area contributed by atoms with Crippen molar-refractivity contribution in [2.75, 3.05) is 6.54 Å². The Bertz CT molecular complexity index is 1450. The maximum atomic E-state index is 5.46. The van der Waals surface area contributed by atoms with Gasteiger partial charge < -0.3 is 16.4 Å². The molecule has 4 N–H and O–H groups in total. The quantitative estimate of drug-likeness (QED) is 0.0736. The highest BCUT2D eigenvalue weighted by molar-refractivity contribution is 7.12. The fraction of sp³-hybridized carbons (Fsp3) is 0.489. The van der Waals surface area contributed by atoms with Gasteiger partial charge in [-0.3, -0.25) is 0 Å². The lowest BCUT2D eigenvalue weighted by atomic mass is 9.95. The Morgan fingerprint density at radius 1 is 0.981 bits per heavy atom. The number of nitrogens with two attached hydrogens (primary N) is 1. The number of nitrogens with one attached hydrogen (secondary N) is 2. The summed E-state index contributed by atoms with van der Waals surface area (Å²) >= 11 is 1.86. The number of allylic oxidation sites excluding steroid dienone is 4. The van der Waals surface area contributed by atoms with Crippen LogP contribution in [0.3, 0.4) is 0 Å². The SMILES string of the molecule is C=C.C=C(c1ccc(C)cc1)c1c(C)sc(C)c1C.C=C1CCC(NC(=C)CCCCCN)C(=C)N1.CC.CC=CCC(CCC)/C(C)=N/N=C(C)C. The van der Waals surface area contributed by atoms with Gasteiger partial charge >= 0.3 is 0 Å². The topological polar surface area (TPSA) is 74.8 Å². The number of thiophene rings is 1. The molecule has 0 amide bonds. The summed E-state index contributed by atoms with van der Waals surface area (Å²) in [6.45, 7) is 46.0. The molecule has 5 nitrogen and oxygen atoms in total. The van der Waals surface area contributed by atoms with Crippen molar-refractivity contribution in [2.45, 2.75) is 140 Å². The molecule has 2 aromatic rings. The van der Waals surface area contributed by atoms with Crippen LogP contribution in [0.2, 0.25) is 0 Å². The predicted octanol–water partition coefficient (Wildman–Crippen LogP) is 13.5. The van der Waals surface area contributed by atoms with Gasteiger partial charge in [0.05, 0.1) is 6.04 Å². The summed E-state index contributed by atoms with van der Waals surface area (Å²) in [6.07, 6.45) is 14.3. The summed E-state index contributed by atoms with van der Waals surface area (Å²) in [5.74, 6) is 0.550. The summed E-state index contributed by atoms with van der Waals surface area (Å²) in [6, 6.07) is 8.89. The van der Waals surface area contributed by atoms with E-state index in [2.05, 4.69) is 145 Å². The van der Waals surface area contributed by atoms with E-state index in [0.717, 1.165) is 79.2 Å². The minimum Gasteiger partial charge on any atom is -0.381 e. The molecule has 6 heteroatoms. The van der Waals surface area contributed by atoms with Gasteiger partial charge in [0.1, 0.15) is 0 Å². The summed E-state index contributed by atoms with van der Waals surface area (Å²) < 4.78 is 0. The number of piperidine rings is 1. The third-order valence-electron chi connectivity index (χ3n) is 8.61. The third kappa shape index (κ3) is 21.5. The molecule has 0 spiro atoms. The van der Waals surface area contributed by atoms with Crippen molar-refractivity contribution in [3.63, 3.8) is 0 Å². The minimum absolute atomic E-state index is 0.294. The van der Waals surface area contributed by atoms with Crippen LogP contribution in [0.4, 0.5) is 0 Å². The lowest BCUT2D eigenvalue weighted by Crippen LogP contribution is -2.38. The van der Waals surface area contributed by atoms with E-state index < -0.39 is 0 Å². The first kappa shape index (κ1) is 51.4. The van der Waals surface area contributed by atoms with E-state index in [0.29, 0.717) is 12.0 Å². The summed E-state index contributed by atoms with van der Waals surface area (Å²) in [4.78, 5) is 2.76. The Balaban J connectivity index is 0. The molecule has 2 heterocycles. The highest BCUT2D eigenvalue weighted by Crippen LogP contribution is 2.34. The molecule has 1 aliphatic rings. The lowest BCUT2D eigenvalue weighted by molar-refractivity contribution is 0.506. The summed E-state index contributed by atoms with van der Waals surface area (Å²) in [7, 11) is 0. The van der Waals surface area contributed by atoms with Gasteiger partial charge in [0.2, 0.25) is 0 Å². The number of hydrogen-bond acceptors (Lipinski definition) is 6. The van der Waals surface area contributed by atoms with Crippen molar-refractivity contribution >= 4 is 28.3 Å². The fourth-order valence-electron chi connectivity index (χ4n) is 5.55. The van der Waals surface area contributed by atoms with Crippen LogP contribution in [0, 0.1) is 33.6 Å². The van der Waals surface area contributed by atoms with E-state index in [-0.39, 0.29) is 0 Å². The smallest absolute Gasteiger partial charge is 0.0657 e. The van der Waals surface area contributed by atoms with Crippen LogP contribution in [0.5, 0.6) is 0 Å². The van der Waals surface area contributed by atoms with Gasteiger partial charge in [-0.2, -0.15) is 10.2 Å². The molecule has 1 fully saturated rings. The van der Waals surface area contributed by atoms with Gasteiger partial charge in [-0.25, -0.2) is 0 Å². The van der Waals surface area contributed by atoms with E-state index in [4.69, 9.17) is 5.73 Å². The Labute approximate surface area is 331 Å². The average molecular weight is 744 g/mol. The van der Waals surface area contributed by atoms with E-state index in [9.17, 15) is 0 Å². The molecule has 2 atom stereocenters. The van der Waals surface area contributed by atoms with Crippen molar-refractivity contribution < 1.29 is 0 Å².